The van der Waals surface area contributed by atoms with Gasteiger partial charge in [-0.15, -0.1) is 0 Å². The van der Waals surface area contributed by atoms with Crippen molar-refractivity contribution in [2.24, 2.45) is 0 Å². The number of aryl methyl sites for hydroxylation is 1. The summed E-state index contributed by atoms with van der Waals surface area (Å²) in [6.07, 6.45) is 0. The van der Waals surface area contributed by atoms with E-state index in [-0.39, 0.29) is 11.8 Å². The Balaban J connectivity index is 1.84. The molecule has 0 N–H and O–H groups in total. The Morgan fingerprint density at radius 1 is 1.04 bits per heavy atom. The number of anilines is 1. The van der Waals surface area contributed by atoms with Crippen molar-refractivity contribution >= 4 is 17.5 Å². The first-order valence-electron chi connectivity index (χ1n) is 8.95. The minimum atomic E-state index is -0.102. The third-order valence-electron chi connectivity index (χ3n) is 4.53. The van der Waals surface area contributed by atoms with Gasteiger partial charge in [-0.1, -0.05) is 18.2 Å². The molecule has 0 spiro atoms. The van der Waals surface area contributed by atoms with Crippen molar-refractivity contribution in [2.45, 2.75) is 13.8 Å². The van der Waals surface area contributed by atoms with E-state index in [1.54, 1.807) is 34.1 Å². The van der Waals surface area contributed by atoms with Crippen LogP contribution >= 0.6 is 0 Å². The molecule has 0 aromatic heterocycles. The largest absolute Gasteiger partial charge is 0.378 e. The lowest BCUT2D eigenvalue weighted by molar-refractivity contribution is 0.0303. The highest BCUT2D eigenvalue weighted by Crippen LogP contribution is 2.19. The number of benzene rings is 2. The molecule has 2 aromatic rings. The van der Waals surface area contributed by atoms with Crippen molar-refractivity contribution in [3.05, 3.63) is 65.2 Å². The van der Waals surface area contributed by atoms with Crippen molar-refractivity contribution in [1.29, 1.82) is 0 Å². The molecule has 2 amide bonds. The summed E-state index contributed by atoms with van der Waals surface area (Å²) in [5.41, 5.74) is 3.03. The summed E-state index contributed by atoms with van der Waals surface area (Å²) in [6, 6.07) is 14.8. The van der Waals surface area contributed by atoms with E-state index in [4.69, 9.17) is 4.74 Å². The number of carbonyl (C=O) groups is 2. The van der Waals surface area contributed by atoms with E-state index in [0.717, 1.165) is 11.3 Å². The highest BCUT2D eigenvalue weighted by Gasteiger charge is 2.21. The zero-order chi connectivity index (χ0) is 18.5. The second kappa shape index (κ2) is 8.15. The van der Waals surface area contributed by atoms with E-state index in [0.29, 0.717) is 44.0 Å². The van der Waals surface area contributed by atoms with Crippen molar-refractivity contribution in [2.75, 3.05) is 37.7 Å². The molecule has 1 aliphatic heterocycles. The average molecular weight is 352 g/mol. The summed E-state index contributed by atoms with van der Waals surface area (Å²) in [5, 5.41) is 0. The molecule has 0 unspecified atom stereocenters. The molecule has 1 saturated heterocycles. The van der Waals surface area contributed by atoms with Gasteiger partial charge in [-0.05, 0) is 49.7 Å². The van der Waals surface area contributed by atoms with Gasteiger partial charge in [0.15, 0.2) is 0 Å². The molecule has 26 heavy (non-hydrogen) atoms. The van der Waals surface area contributed by atoms with Gasteiger partial charge in [-0.25, -0.2) is 0 Å². The van der Waals surface area contributed by atoms with Gasteiger partial charge in [0, 0.05) is 36.4 Å². The van der Waals surface area contributed by atoms with Crippen molar-refractivity contribution < 1.29 is 14.3 Å². The Kier molecular flexibility index (Phi) is 5.68. The van der Waals surface area contributed by atoms with Gasteiger partial charge in [-0.2, -0.15) is 0 Å². The van der Waals surface area contributed by atoms with E-state index >= 15 is 0 Å². The average Bonchev–Trinajstić information content (AvgIpc) is 2.69. The summed E-state index contributed by atoms with van der Waals surface area (Å²) in [6.45, 7) is 6.79. The van der Waals surface area contributed by atoms with Crippen LogP contribution in [0.3, 0.4) is 0 Å². The summed E-state index contributed by atoms with van der Waals surface area (Å²) in [4.78, 5) is 29.2. The number of morpholine rings is 1. The lowest BCUT2D eigenvalue weighted by Crippen LogP contribution is -2.40. The monoisotopic (exact) mass is 352 g/mol. The molecule has 0 radical (unpaired) electrons. The third kappa shape index (κ3) is 3.94. The first-order chi connectivity index (χ1) is 12.6. The van der Waals surface area contributed by atoms with Gasteiger partial charge >= 0.3 is 0 Å². The third-order valence-corrected chi connectivity index (χ3v) is 4.53. The first kappa shape index (κ1) is 18.1. The topological polar surface area (TPSA) is 49.9 Å². The zero-order valence-corrected chi connectivity index (χ0v) is 15.3. The molecule has 0 bridgehead atoms. The van der Waals surface area contributed by atoms with Crippen molar-refractivity contribution in [3.63, 3.8) is 0 Å². The van der Waals surface area contributed by atoms with Gasteiger partial charge < -0.3 is 14.5 Å². The molecular formula is C21H24N2O3. The Morgan fingerprint density at radius 3 is 2.42 bits per heavy atom. The lowest BCUT2D eigenvalue weighted by Gasteiger charge is -2.27. The molecular weight excluding hydrogens is 328 g/mol. The summed E-state index contributed by atoms with van der Waals surface area (Å²) < 4.78 is 5.30. The quantitative estimate of drug-likeness (QED) is 0.849. The lowest BCUT2D eigenvalue weighted by atomic mass is 10.1. The number of hydrogen-bond donors (Lipinski definition) is 0. The molecule has 5 nitrogen and oxygen atoms in total. The Labute approximate surface area is 154 Å². The zero-order valence-electron chi connectivity index (χ0n) is 15.3. The fourth-order valence-electron chi connectivity index (χ4n) is 3.13. The van der Waals surface area contributed by atoms with Crippen LogP contribution in [0.1, 0.15) is 33.2 Å². The van der Waals surface area contributed by atoms with Crippen LogP contribution in [-0.4, -0.2) is 49.6 Å². The van der Waals surface area contributed by atoms with Gasteiger partial charge in [0.05, 0.1) is 13.2 Å². The van der Waals surface area contributed by atoms with Crippen LogP contribution in [0, 0.1) is 6.92 Å². The number of nitrogens with zero attached hydrogens (tertiary/aromatic N) is 2. The van der Waals surface area contributed by atoms with E-state index < -0.39 is 0 Å². The maximum Gasteiger partial charge on any atom is 0.258 e. The van der Waals surface area contributed by atoms with Crippen LogP contribution in [0.2, 0.25) is 0 Å². The number of amides is 2. The van der Waals surface area contributed by atoms with Crippen LogP contribution in [0.5, 0.6) is 0 Å². The fraction of sp³-hybridized carbons (Fsp3) is 0.333. The Hall–Kier alpha value is -2.66. The highest BCUT2D eigenvalue weighted by atomic mass is 16.5. The van der Waals surface area contributed by atoms with Crippen LogP contribution in [-0.2, 0) is 4.74 Å². The maximum atomic E-state index is 13.0. The Bertz CT molecular complexity index is 797. The summed E-state index contributed by atoms with van der Waals surface area (Å²) >= 11 is 0. The second-order valence-corrected chi connectivity index (χ2v) is 6.37. The normalized spacial score (nSPS) is 14.2. The van der Waals surface area contributed by atoms with E-state index in [1.165, 1.54) is 0 Å². The highest BCUT2D eigenvalue weighted by molar-refractivity contribution is 6.07. The summed E-state index contributed by atoms with van der Waals surface area (Å²) in [7, 11) is 0. The molecule has 3 rings (SSSR count). The van der Waals surface area contributed by atoms with Gasteiger partial charge in [0.2, 0.25) is 0 Å². The van der Waals surface area contributed by atoms with E-state index in [9.17, 15) is 9.59 Å². The molecule has 1 heterocycles. The van der Waals surface area contributed by atoms with Gasteiger partial charge in [-0.3, -0.25) is 9.59 Å². The number of ether oxygens (including phenoxy) is 1. The fourth-order valence-corrected chi connectivity index (χ4v) is 3.13. The first-order valence-corrected chi connectivity index (χ1v) is 8.95. The van der Waals surface area contributed by atoms with E-state index in [2.05, 4.69) is 0 Å². The van der Waals surface area contributed by atoms with Crippen molar-refractivity contribution in [3.8, 4) is 0 Å². The van der Waals surface area contributed by atoms with Crippen LogP contribution < -0.4 is 4.90 Å². The smallest absolute Gasteiger partial charge is 0.258 e. The minimum Gasteiger partial charge on any atom is -0.378 e. The number of carbonyl (C=O) groups excluding carboxylic acids is 2. The molecule has 2 aromatic carbocycles. The summed E-state index contributed by atoms with van der Waals surface area (Å²) in [5.74, 6) is -0.156. The SMILES string of the molecule is CCN(C(=O)c1cccc(C(=O)N2CCOCC2)c1)c1cccc(C)c1. The van der Waals surface area contributed by atoms with Gasteiger partial charge in [0.25, 0.3) is 11.8 Å². The second-order valence-electron chi connectivity index (χ2n) is 6.37. The number of hydrogen-bond acceptors (Lipinski definition) is 3. The molecule has 1 fully saturated rings. The Morgan fingerprint density at radius 2 is 1.73 bits per heavy atom. The molecule has 0 saturated carbocycles. The number of rotatable bonds is 4. The molecule has 0 aliphatic carbocycles. The van der Waals surface area contributed by atoms with E-state index in [1.807, 2.05) is 38.1 Å². The van der Waals surface area contributed by atoms with Crippen LogP contribution in [0.25, 0.3) is 0 Å². The van der Waals surface area contributed by atoms with Crippen LogP contribution in [0.4, 0.5) is 5.69 Å². The van der Waals surface area contributed by atoms with Crippen molar-refractivity contribution in [1.82, 2.24) is 4.90 Å². The predicted octanol–water partition coefficient (Wildman–Crippen LogP) is 3.13. The molecule has 136 valence electrons. The molecule has 5 heteroatoms. The maximum absolute atomic E-state index is 13.0. The standard InChI is InChI=1S/C21H24N2O3/c1-3-23(19-9-4-6-16(2)14-19)21(25)18-8-5-7-17(15-18)20(24)22-10-12-26-13-11-22/h4-9,14-15H,3,10-13H2,1-2H3. The van der Waals surface area contributed by atoms with Gasteiger partial charge in [0.1, 0.15) is 0 Å². The minimum absolute atomic E-state index is 0.0541. The molecule has 0 atom stereocenters. The predicted molar refractivity (Wildman–Crippen MR) is 102 cm³/mol. The van der Waals surface area contributed by atoms with Crippen LogP contribution in [0.15, 0.2) is 48.5 Å². The molecule has 1 aliphatic rings.